The van der Waals surface area contributed by atoms with Crippen LogP contribution < -0.4 is 0 Å². The van der Waals surface area contributed by atoms with Crippen LogP contribution in [-0.4, -0.2) is 0 Å². The number of rotatable bonds is 0. The van der Waals surface area contributed by atoms with Gasteiger partial charge in [-0.05, 0) is 0 Å². The van der Waals surface area contributed by atoms with Gasteiger partial charge < -0.3 is 13.8 Å². The second-order valence-electron chi connectivity index (χ2n) is 0.577. The molecule has 0 spiro atoms. The summed E-state index contributed by atoms with van der Waals surface area (Å²) in [5, 5.41) is 0. The van der Waals surface area contributed by atoms with Gasteiger partial charge in [-0.1, -0.05) is 0 Å². The Morgan fingerprint density at radius 1 is 1.00 bits per heavy atom. The summed E-state index contributed by atoms with van der Waals surface area (Å²) in [6, 6.07) is 0. The SMILES string of the molecule is C[CH-]C.[CH3-].[Ru+].[Ru+]. The standard InChI is InChI=1S/C3H7.CH3.2Ru/c1-3-2;;;/h3H,1-2H3;1H3;;/q2*-1;2*+1. The topological polar surface area (TPSA) is 0 Å². The molecule has 2 radical (unpaired) electrons. The molecule has 0 aromatic carbocycles. The van der Waals surface area contributed by atoms with Crippen LogP contribution in [0.3, 0.4) is 0 Å². The first-order valence-corrected chi connectivity index (χ1v) is 1.15. The molecule has 0 saturated carbocycles. The van der Waals surface area contributed by atoms with Crippen LogP contribution in [0, 0.1) is 13.8 Å². The predicted octanol–water partition coefficient (Wildman–Crippen LogP) is 1.68. The van der Waals surface area contributed by atoms with Gasteiger partial charge in [0.25, 0.3) is 0 Å². The average molecular weight is 260 g/mol. The minimum atomic E-state index is 0. The van der Waals surface area contributed by atoms with Crippen LogP contribution in [0.1, 0.15) is 13.8 Å². The molecule has 0 aliphatic carbocycles. The summed E-state index contributed by atoms with van der Waals surface area (Å²) in [6.45, 7) is 4.00. The summed E-state index contributed by atoms with van der Waals surface area (Å²) in [4.78, 5) is 0. The molecular formula is C4H10Ru2. The van der Waals surface area contributed by atoms with Gasteiger partial charge in [0, 0.05) is 0 Å². The van der Waals surface area contributed by atoms with Crippen LogP contribution in [-0.2, 0) is 39.0 Å². The molecule has 0 fully saturated rings. The first-order chi connectivity index (χ1) is 1.41. The van der Waals surface area contributed by atoms with E-state index in [9.17, 15) is 0 Å². The first kappa shape index (κ1) is 26.8. The van der Waals surface area contributed by atoms with Gasteiger partial charge in [-0.25, -0.2) is 0 Å². The molecule has 0 aliphatic heterocycles. The molecule has 0 unspecified atom stereocenters. The molecule has 2 heteroatoms. The summed E-state index contributed by atoms with van der Waals surface area (Å²) in [5.74, 6) is 0. The van der Waals surface area contributed by atoms with Crippen molar-refractivity contribution in [2.75, 3.05) is 0 Å². The minimum absolute atomic E-state index is 0. The van der Waals surface area contributed by atoms with Crippen molar-refractivity contribution in [2.45, 2.75) is 13.8 Å². The fourth-order valence-electron chi connectivity index (χ4n) is 0. The van der Waals surface area contributed by atoms with Crippen molar-refractivity contribution in [1.29, 1.82) is 0 Å². The first-order valence-electron chi connectivity index (χ1n) is 1.15. The molecule has 0 aromatic heterocycles. The van der Waals surface area contributed by atoms with E-state index in [1.807, 2.05) is 20.3 Å². The normalized spacial score (nSPS) is 3.00. The number of hydrogen-bond acceptors (Lipinski definition) is 0. The van der Waals surface area contributed by atoms with Gasteiger partial charge in [0.15, 0.2) is 0 Å². The molecule has 6 heavy (non-hydrogen) atoms. The Balaban J connectivity index is -0.00000000667. The van der Waals surface area contributed by atoms with Crippen LogP contribution in [0.2, 0.25) is 0 Å². The van der Waals surface area contributed by atoms with Crippen molar-refractivity contribution < 1.29 is 39.0 Å². The summed E-state index contributed by atoms with van der Waals surface area (Å²) >= 11 is 0. The molecule has 0 rings (SSSR count). The monoisotopic (exact) mass is 262 g/mol. The van der Waals surface area contributed by atoms with E-state index in [0.717, 1.165) is 0 Å². The van der Waals surface area contributed by atoms with Gasteiger partial charge >= 0.3 is 39.0 Å². The third-order valence-electron chi connectivity index (χ3n) is 0. The van der Waals surface area contributed by atoms with E-state index in [2.05, 4.69) is 0 Å². The third-order valence-corrected chi connectivity index (χ3v) is 0. The van der Waals surface area contributed by atoms with E-state index in [1.54, 1.807) is 0 Å². The zero-order valence-electron chi connectivity index (χ0n) is 4.28. The van der Waals surface area contributed by atoms with Crippen LogP contribution in [0.15, 0.2) is 0 Å². The quantitative estimate of drug-likeness (QED) is 0.459. The Kier molecular flexibility index (Phi) is 152. The minimum Gasteiger partial charge on any atom is -0.358 e. The Hall–Kier alpha value is 1.25. The van der Waals surface area contributed by atoms with Gasteiger partial charge in [0.2, 0.25) is 0 Å². The fraction of sp³-hybridized carbons (Fsp3) is 0.500. The summed E-state index contributed by atoms with van der Waals surface area (Å²) in [7, 11) is 0. The van der Waals surface area contributed by atoms with Crippen LogP contribution in [0.5, 0.6) is 0 Å². The molecule has 0 N–H and O–H groups in total. The molecule has 0 amide bonds. The van der Waals surface area contributed by atoms with E-state index >= 15 is 0 Å². The van der Waals surface area contributed by atoms with Crippen LogP contribution in [0.25, 0.3) is 0 Å². The predicted molar refractivity (Wildman–Crippen MR) is 22.1 cm³/mol. The maximum Gasteiger partial charge on any atom is 1.00 e. The smallest absolute Gasteiger partial charge is 0.358 e. The maximum atomic E-state index is 2.00. The van der Waals surface area contributed by atoms with Crippen molar-refractivity contribution >= 4 is 0 Å². The van der Waals surface area contributed by atoms with Crippen molar-refractivity contribution in [3.63, 3.8) is 0 Å². The van der Waals surface area contributed by atoms with Gasteiger partial charge in [-0.15, -0.1) is 0 Å². The molecule has 0 nitrogen and oxygen atoms in total. The van der Waals surface area contributed by atoms with E-state index in [-0.39, 0.29) is 46.4 Å². The third kappa shape index (κ3) is 60.9. The van der Waals surface area contributed by atoms with Crippen molar-refractivity contribution in [3.05, 3.63) is 13.8 Å². The Morgan fingerprint density at radius 3 is 1.00 bits per heavy atom. The van der Waals surface area contributed by atoms with Crippen LogP contribution in [0.4, 0.5) is 0 Å². The van der Waals surface area contributed by atoms with E-state index in [0.29, 0.717) is 0 Å². The summed E-state index contributed by atoms with van der Waals surface area (Å²) in [6.07, 6.45) is 2.00. The van der Waals surface area contributed by atoms with Gasteiger partial charge in [0.05, 0.1) is 0 Å². The van der Waals surface area contributed by atoms with Crippen molar-refractivity contribution in [1.82, 2.24) is 0 Å². The van der Waals surface area contributed by atoms with E-state index in [4.69, 9.17) is 0 Å². The van der Waals surface area contributed by atoms with Crippen molar-refractivity contribution in [3.8, 4) is 0 Å². The Labute approximate surface area is 66.6 Å². The summed E-state index contributed by atoms with van der Waals surface area (Å²) in [5.41, 5.74) is 0. The molecule has 0 heterocycles. The van der Waals surface area contributed by atoms with Gasteiger partial charge in [-0.2, -0.15) is 13.8 Å². The zero-order valence-corrected chi connectivity index (χ0v) is 7.76. The van der Waals surface area contributed by atoms with Crippen LogP contribution >= 0.6 is 0 Å². The largest absolute Gasteiger partial charge is 1.00 e. The molecule has 42 valence electrons. The maximum absolute atomic E-state index is 2.00. The molecule has 0 aliphatic rings. The van der Waals surface area contributed by atoms with Crippen molar-refractivity contribution in [2.24, 2.45) is 0 Å². The molecule has 0 bridgehead atoms. The second-order valence-corrected chi connectivity index (χ2v) is 0.577. The summed E-state index contributed by atoms with van der Waals surface area (Å²) < 4.78 is 0. The molecule has 0 atom stereocenters. The zero-order chi connectivity index (χ0) is 2.71. The fourth-order valence-corrected chi connectivity index (χ4v) is 0. The Morgan fingerprint density at radius 2 is 1.00 bits per heavy atom. The molecule has 0 aromatic rings. The number of hydrogen-bond donors (Lipinski definition) is 0. The molecule has 0 saturated heterocycles. The van der Waals surface area contributed by atoms with E-state index in [1.165, 1.54) is 0 Å². The van der Waals surface area contributed by atoms with Gasteiger partial charge in [-0.3, -0.25) is 0 Å². The van der Waals surface area contributed by atoms with E-state index < -0.39 is 0 Å². The average Bonchev–Trinajstić information content (AvgIpc) is 0.918. The van der Waals surface area contributed by atoms with Gasteiger partial charge in [0.1, 0.15) is 0 Å². The molecular weight excluding hydrogens is 250 g/mol. The second kappa shape index (κ2) is 34.1. The Bertz CT molecular complexity index is 5.51.